The first-order chi connectivity index (χ1) is 10.5. The number of rotatable bonds is 7. The summed E-state index contributed by atoms with van der Waals surface area (Å²) >= 11 is 0. The third-order valence-electron chi connectivity index (χ3n) is 2.98. The Labute approximate surface area is 130 Å². The van der Waals surface area contributed by atoms with Gasteiger partial charge in [-0.3, -0.25) is 4.79 Å². The van der Waals surface area contributed by atoms with E-state index in [1.807, 2.05) is 0 Å². The van der Waals surface area contributed by atoms with Crippen molar-refractivity contribution in [3.63, 3.8) is 0 Å². The summed E-state index contributed by atoms with van der Waals surface area (Å²) < 4.78 is 77.6. The molecule has 1 rings (SSSR count). The second-order valence-electron chi connectivity index (χ2n) is 4.79. The summed E-state index contributed by atoms with van der Waals surface area (Å²) in [5.41, 5.74) is -1.69. The summed E-state index contributed by atoms with van der Waals surface area (Å²) in [4.78, 5) is 9.83. The van der Waals surface area contributed by atoms with Crippen LogP contribution >= 0.6 is 0 Å². The lowest BCUT2D eigenvalue weighted by Gasteiger charge is -2.17. The molecule has 0 aliphatic carbocycles. The number of benzene rings is 1. The second kappa shape index (κ2) is 7.26. The van der Waals surface area contributed by atoms with E-state index >= 15 is 0 Å². The number of carboxylic acids is 1. The van der Waals surface area contributed by atoms with Gasteiger partial charge in [0.25, 0.3) is 0 Å². The van der Waals surface area contributed by atoms with Crippen molar-refractivity contribution in [3.8, 4) is 0 Å². The van der Waals surface area contributed by atoms with Crippen molar-refractivity contribution in [2.45, 2.75) is 43.3 Å². The molecule has 1 aromatic rings. The van der Waals surface area contributed by atoms with Crippen LogP contribution in [0, 0.1) is 5.82 Å². The second-order valence-corrected chi connectivity index (χ2v) is 6.47. The van der Waals surface area contributed by atoms with E-state index in [1.54, 1.807) is 11.6 Å². The fourth-order valence-electron chi connectivity index (χ4n) is 1.85. The maximum absolute atomic E-state index is 13.0. The molecule has 0 saturated carbocycles. The van der Waals surface area contributed by atoms with Crippen LogP contribution < -0.4 is 4.72 Å². The lowest BCUT2D eigenvalue weighted by atomic mass is 10.1. The number of hydrogen-bond acceptors (Lipinski definition) is 3. The summed E-state index contributed by atoms with van der Waals surface area (Å²) in [6.45, 7) is 1.75. The van der Waals surface area contributed by atoms with E-state index in [0.29, 0.717) is 25.0 Å². The highest BCUT2D eigenvalue weighted by Gasteiger charge is 2.38. The van der Waals surface area contributed by atoms with E-state index in [1.165, 1.54) is 0 Å². The summed E-state index contributed by atoms with van der Waals surface area (Å²) in [6, 6.07) is -0.493. The molecule has 0 radical (unpaired) electrons. The molecule has 0 aromatic heterocycles. The maximum atomic E-state index is 13.0. The number of aliphatic carboxylic acids is 1. The molecule has 2 N–H and O–H groups in total. The minimum atomic E-state index is -5.10. The van der Waals surface area contributed by atoms with Crippen LogP contribution in [-0.4, -0.2) is 25.5 Å². The molecule has 0 spiro atoms. The number of halogens is 4. The van der Waals surface area contributed by atoms with Crippen molar-refractivity contribution < 1.29 is 35.9 Å². The minimum absolute atomic E-state index is 0.0520. The first-order valence-electron chi connectivity index (χ1n) is 6.61. The standard InChI is InChI=1S/C13H15F4NO4S/c1-2-3-4-10(12(19)20)18-23(21,22)11-6-5-8(14)7-9(11)13(15,16)17/h5-7,10,18H,2-4H2,1H3,(H,19,20). The fourth-order valence-corrected chi connectivity index (χ4v) is 3.28. The Hall–Kier alpha value is -1.68. The molecule has 0 fully saturated rings. The van der Waals surface area contributed by atoms with Gasteiger partial charge in [0.1, 0.15) is 11.9 Å². The summed E-state index contributed by atoms with van der Waals surface area (Å²) in [7, 11) is -4.78. The van der Waals surface area contributed by atoms with E-state index in [9.17, 15) is 30.8 Å². The number of carbonyl (C=O) groups is 1. The SMILES string of the molecule is CCCCC(NS(=O)(=O)c1ccc(F)cc1C(F)(F)F)C(=O)O. The number of hydrogen-bond donors (Lipinski definition) is 2. The average Bonchev–Trinajstić information content (AvgIpc) is 2.41. The zero-order valence-electron chi connectivity index (χ0n) is 12.0. The largest absolute Gasteiger partial charge is 0.480 e. The number of nitrogens with one attached hydrogen (secondary N) is 1. The molecule has 10 heteroatoms. The predicted molar refractivity (Wildman–Crippen MR) is 72.7 cm³/mol. The molecule has 0 heterocycles. The van der Waals surface area contributed by atoms with Crippen molar-refractivity contribution in [2.24, 2.45) is 0 Å². The molecular weight excluding hydrogens is 342 g/mol. The summed E-state index contributed by atoms with van der Waals surface area (Å²) in [5.74, 6) is -2.75. The molecule has 1 unspecified atom stereocenters. The molecule has 23 heavy (non-hydrogen) atoms. The van der Waals surface area contributed by atoms with Gasteiger partial charge in [-0.05, 0) is 24.6 Å². The summed E-state index contributed by atoms with van der Waals surface area (Å²) in [5, 5.41) is 8.97. The fraction of sp³-hybridized carbons (Fsp3) is 0.462. The average molecular weight is 357 g/mol. The van der Waals surface area contributed by atoms with Crippen molar-refractivity contribution in [1.82, 2.24) is 4.72 Å². The van der Waals surface area contributed by atoms with Crippen LogP contribution in [0.3, 0.4) is 0 Å². The Kier molecular flexibility index (Phi) is 6.11. The normalized spacial score (nSPS) is 13.8. The van der Waals surface area contributed by atoms with Gasteiger partial charge in [0, 0.05) is 0 Å². The van der Waals surface area contributed by atoms with Crippen LogP contribution in [0.1, 0.15) is 31.7 Å². The Morgan fingerprint density at radius 1 is 1.35 bits per heavy atom. The number of carboxylic acid groups (broad SMARTS) is 1. The van der Waals surface area contributed by atoms with E-state index in [2.05, 4.69) is 0 Å². The molecular formula is C13H15F4NO4S. The Morgan fingerprint density at radius 3 is 2.43 bits per heavy atom. The third kappa shape index (κ3) is 5.17. The van der Waals surface area contributed by atoms with Gasteiger partial charge in [-0.2, -0.15) is 17.9 Å². The smallest absolute Gasteiger partial charge is 0.417 e. The molecule has 5 nitrogen and oxygen atoms in total. The molecule has 0 aliphatic rings. The topological polar surface area (TPSA) is 83.5 Å². The van der Waals surface area contributed by atoms with Crippen LogP contribution in [0.5, 0.6) is 0 Å². The predicted octanol–water partition coefficient (Wildman–Crippen LogP) is 2.77. The molecule has 1 atom stereocenters. The van der Waals surface area contributed by atoms with E-state index in [0.717, 1.165) is 0 Å². The van der Waals surface area contributed by atoms with Gasteiger partial charge in [-0.15, -0.1) is 0 Å². The van der Waals surface area contributed by atoms with Gasteiger partial charge in [0.15, 0.2) is 0 Å². The molecule has 1 aromatic carbocycles. The van der Waals surface area contributed by atoms with Gasteiger partial charge in [-0.1, -0.05) is 19.8 Å². The molecule has 0 aliphatic heterocycles. The van der Waals surface area contributed by atoms with Crippen molar-refractivity contribution in [2.75, 3.05) is 0 Å². The zero-order valence-corrected chi connectivity index (χ0v) is 12.8. The van der Waals surface area contributed by atoms with Crippen molar-refractivity contribution >= 4 is 16.0 Å². The van der Waals surface area contributed by atoms with E-state index in [4.69, 9.17) is 5.11 Å². The van der Waals surface area contributed by atoms with Crippen LogP contribution in [0.25, 0.3) is 0 Å². The highest BCUT2D eigenvalue weighted by molar-refractivity contribution is 7.89. The lowest BCUT2D eigenvalue weighted by Crippen LogP contribution is -2.41. The van der Waals surface area contributed by atoms with Gasteiger partial charge in [-0.25, -0.2) is 12.8 Å². The Morgan fingerprint density at radius 2 is 1.96 bits per heavy atom. The van der Waals surface area contributed by atoms with E-state index < -0.39 is 44.5 Å². The first kappa shape index (κ1) is 19.4. The minimum Gasteiger partial charge on any atom is -0.480 e. The quantitative estimate of drug-likeness (QED) is 0.735. The third-order valence-corrected chi connectivity index (χ3v) is 4.51. The van der Waals surface area contributed by atoms with Crippen LogP contribution in [0.2, 0.25) is 0 Å². The Balaban J connectivity index is 3.25. The van der Waals surface area contributed by atoms with Gasteiger partial charge < -0.3 is 5.11 Å². The maximum Gasteiger partial charge on any atom is 0.417 e. The first-order valence-corrected chi connectivity index (χ1v) is 8.09. The van der Waals surface area contributed by atoms with Gasteiger partial charge in [0.05, 0.1) is 10.5 Å². The van der Waals surface area contributed by atoms with Crippen molar-refractivity contribution in [3.05, 3.63) is 29.6 Å². The number of sulfonamides is 1. The molecule has 130 valence electrons. The number of alkyl halides is 3. The highest BCUT2D eigenvalue weighted by Crippen LogP contribution is 2.34. The highest BCUT2D eigenvalue weighted by atomic mass is 32.2. The van der Waals surface area contributed by atoms with Gasteiger partial charge in [0.2, 0.25) is 10.0 Å². The van der Waals surface area contributed by atoms with Crippen molar-refractivity contribution in [1.29, 1.82) is 0 Å². The molecule has 0 bridgehead atoms. The lowest BCUT2D eigenvalue weighted by molar-refractivity contribution is -0.140. The molecule has 0 saturated heterocycles. The molecule has 0 amide bonds. The monoisotopic (exact) mass is 357 g/mol. The summed E-state index contributed by atoms with van der Waals surface area (Å²) in [6.07, 6.45) is -4.23. The van der Waals surface area contributed by atoms with Crippen LogP contribution in [0.4, 0.5) is 17.6 Å². The zero-order chi connectivity index (χ0) is 17.8. The van der Waals surface area contributed by atoms with Gasteiger partial charge >= 0.3 is 12.1 Å². The van der Waals surface area contributed by atoms with Crippen LogP contribution in [-0.2, 0) is 21.0 Å². The van der Waals surface area contributed by atoms with Crippen LogP contribution in [0.15, 0.2) is 23.1 Å². The number of unbranched alkanes of at least 4 members (excludes halogenated alkanes) is 1. The van der Waals surface area contributed by atoms with E-state index in [-0.39, 0.29) is 12.5 Å². The Bertz CT molecular complexity index is 673.